The van der Waals surface area contributed by atoms with Crippen molar-refractivity contribution in [2.75, 3.05) is 7.11 Å². The minimum atomic E-state index is -1.25. The number of ether oxygens (including phenoxy) is 1. The smallest absolute Gasteiger partial charge is 0.432 e. The van der Waals surface area contributed by atoms with Crippen LogP contribution in [0.15, 0.2) is 4.99 Å². The number of carbonyl (C=O) groups excluding carboxylic acids is 1. The number of aliphatic carboxylic acids is 1. The van der Waals surface area contributed by atoms with Gasteiger partial charge in [-0.15, -0.1) is 0 Å². The van der Waals surface area contributed by atoms with E-state index in [2.05, 4.69) is 9.73 Å². The summed E-state index contributed by atoms with van der Waals surface area (Å²) < 4.78 is 4.15. The number of methoxy groups -OCH3 is 1. The highest BCUT2D eigenvalue weighted by atomic mass is 16.5. The zero-order valence-corrected chi connectivity index (χ0v) is 7.30. The third kappa shape index (κ3) is 4.22. The summed E-state index contributed by atoms with van der Waals surface area (Å²) >= 11 is 0. The van der Waals surface area contributed by atoms with Gasteiger partial charge >= 0.3 is 12.1 Å². The molecule has 0 aromatic heterocycles. The number of carboxylic acids is 1. The lowest BCUT2D eigenvalue weighted by atomic mass is 10.1. The number of nitrogens with zero attached hydrogens (tertiary/aromatic N) is 1. The molecular formula is C7H11NO5. The van der Waals surface area contributed by atoms with Crippen molar-refractivity contribution < 1.29 is 24.5 Å². The van der Waals surface area contributed by atoms with Crippen molar-refractivity contribution in [1.29, 1.82) is 0 Å². The highest BCUT2D eigenvalue weighted by molar-refractivity contribution is 5.93. The van der Waals surface area contributed by atoms with Crippen molar-refractivity contribution in [3.8, 4) is 0 Å². The molecule has 0 aliphatic carbocycles. The van der Waals surface area contributed by atoms with Crippen molar-refractivity contribution >= 4 is 18.3 Å². The maximum atomic E-state index is 10.5. The second-order valence-electron chi connectivity index (χ2n) is 2.35. The van der Waals surface area contributed by atoms with E-state index in [0.29, 0.717) is 0 Å². The van der Waals surface area contributed by atoms with E-state index in [0.717, 1.165) is 13.3 Å². The molecule has 0 rings (SSSR count). The number of carboxylic acid groups (broad SMARTS) is 1. The topological polar surface area (TPSA) is 96.2 Å². The Labute approximate surface area is 74.8 Å². The van der Waals surface area contributed by atoms with Crippen LogP contribution in [0.5, 0.6) is 0 Å². The van der Waals surface area contributed by atoms with Gasteiger partial charge < -0.3 is 14.9 Å². The van der Waals surface area contributed by atoms with Crippen LogP contribution in [0.3, 0.4) is 0 Å². The van der Waals surface area contributed by atoms with Crippen molar-refractivity contribution in [3.05, 3.63) is 0 Å². The van der Waals surface area contributed by atoms with Crippen LogP contribution in [0, 0.1) is 5.92 Å². The first-order valence-electron chi connectivity index (χ1n) is 3.52. The van der Waals surface area contributed by atoms with Crippen molar-refractivity contribution in [3.63, 3.8) is 0 Å². The van der Waals surface area contributed by atoms with Gasteiger partial charge in [-0.3, -0.25) is 4.79 Å². The van der Waals surface area contributed by atoms with Gasteiger partial charge in [0.15, 0.2) is 0 Å². The van der Waals surface area contributed by atoms with Crippen LogP contribution in [-0.4, -0.2) is 41.7 Å². The molecule has 0 fully saturated rings. The van der Waals surface area contributed by atoms with Crippen LogP contribution >= 0.6 is 0 Å². The molecule has 0 aliphatic rings. The molecule has 6 nitrogen and oxygen atoms in total. The number of hydrogen-bond donors (Lipinski definition) is 2. The largest absolute Gasteiger partial charge is 0.481 e. The molecule has 2 N–H and O–H groups in total. The first-order valence-corrected chi connectivity index (χ1v) is 3.52. The predicted octanol–water partition coefficient (Wildman–Crippen LogP) is -0.0948. The van der Waals surface area contributed by atoms with E-state index < -0.39 is 24.1 Å². The maximum absolute atomic E-state index is 10.5. The van der Waals surface area contributed by atoms with E-state index in [1.54, 1.807) is 0 Å². The fourth-order valence-corrected chi connectivity index (χ4v) is 0.589. The molecule has 74 valence electrons. The fourth-order valence-electron chi connectivity index (χ4n) is 0.589. The van der Waals surface area contributed by atoms with E-state index in [4.69, 9.17) is 10.2 Å². The fraction of sp³-hybridized carbons (Fsp3) is 0.571. The molecule has 0 aliphatic heterocycles. The van der Waals surface area contributed by atoms with Gasteiger partial charge in [0.2, 0.25) is 0 Å². The van der Waals surface area contributed by atoms with E-state index in [-0.39, 0.29) is 0 Å². The van der Waals surface area contributed by atoms with E-state index in [1.165, 1.54) is 6.92 Å². The molecule has 0 bridgehead atoms. The van der Waals surface area contributed by atoms with E-state index in [1.807, 2.05) is 0 Å². The SMILES string of the molecule is COC(=O)/N=C\C(C(=O)O)[C@@H](C)O. The summed E-state index contributed by atoms with van der Waals surface area (Å²) in [6, 6.07) is 0. The number of aliphatic hydroxyl groups is 1. The normalized spacial score (nSPS) is 15.3. The van der Waals surface area contributed by atoms with Gasteiger partial charge in [-0.25, -0.2) is 4.79 Å². The van der Waals surface area contributed by atoms with E-state index >= 15 is 0 Å². The first kappa shape index (κ1) is 11.6. The maximum Gasteiger partial charge on any atom is 0.432 e. The lowest BCUT2D eigenvalue weighted by Gasteiger charge is -2.08. The molecule has 0 spiro atoms. The van der Waals surface area contributed by atoms with Gasteiger partial charge in [-0.05, 0) is 6.92 Å². The zero-order valence-electron chi connectivity index (χ0n) is 7.30. The Morgan fingerprint density at radius 3 is 2.38 bits per heavy atom. The van der Waals surface area contributed by atoms with Crippen LogP contribution in [0.2, 0.25) is 0 Å². The van der Waals surface area contributed by atoms with Gasteiger partial charge in [0, 0.05) is 6.21 Å². The van der Waals surface area contributed by atoms with Crippen LogP contribution in [0.25, 0.3) is 0 Å². The molecule has 1 amide bonds. The number of aliphatic hydroxyl groups excluding tert-OH is 1. The van der Waals surface area contributed by atoms with Gasteiger partial charge in [-0.1, -0.05) is 0 Å². The quantitative estimate of drug-likeness (QED) is 0.604. The predicted molar refractivity (Wildman–Crippen MR) is 43.7 cm³/mol. The number of aliphatic imine (C=N–C) groups is 1. The summed E-state index contributed by atoms with van der Waals surface area (Å²) in [7, 11) is 1.12. The monoisotopic (exact) mass is 189 g/mol. The Bertz CT molecular complexity index is 223. The van der Waals surface area contributed by atoms with Gasteiger partial charge in [0.1, 0.15) is 5.92 Å². The summed E-state index contributed by atoms with van der Waals surface area (Å²) in [6.45, 7) is 1.29. The molecule has 0 heterocycles. The first-order chi connectivity index (χ1) is 5.99. The van der Waals surface area contributed by atoms with Crippen LogP contribution in [0.4, 0.5) is 4.79 Å². The van der Waals surface area contributed by atoms with Crippen LogP contribution in [-0.2, 0) is 9.53 Å². The van der Waals surface area contributed by atoms with Crippen LogP contribution < -0.4 is 0 Å². The minimum Gasteiger partial charge on any atom is -0.481 e. The second-order valence-corrected chi connectivity index (χ2v) is 2.35. The molecule has 2 atom stereocenters. The number of carbonyl (C=O) groups is 2. The molecule has 1 unspecified atom stereocenters. The van der Waals surface area contributed by atoms with Crippen molar-refractivity contribution in [1.82, 2.24) is 0 Å². The lowest BCUT2D eigenvalue weighted by molar-refractivity contribution is -0.141. The Morgan fingerprint density at radius 2 is 2.08 bits per heavy atom. The Morgan fingerprint density at radius 1 is 1.54 bits per heavy atom. The average molecular weight is 189 g/mol. The highest BCUT2D eigenvalue weighted by Gasteiger charge is 2.20. The van der Waals surface area contributed by atoms with Crippen LogP contribution in [0.1, 0.15) is 6.92 Å². The standard InChI is InChI=1S/C7H11NO5/c1-4(9)5(6(10)11)3-8-7(12)13-2/h3-5,9H,1-2H3,(H,10,11)/b8-3-/t4-,5?/m1/s1. The summed E-state index contributed by atoms with van der Waals surface area (Å²) in [6.07, 6.45) is -1.16. The van der Waals surface area contributed by atoms with Gasteiger partial charge in [-0.2, -0.15) is 4.99 Å². The molecule has 6 heteroatoms. The number of hydrogen-bond acceptors (Lipinski definition) is 4. The third-order valence-corrected chi connectivity index (χ3v) is 1.32. The second kappa shape index (κ2) is 5.26. The Kier molecular flexibility index (Phi) is 4.68. The lowest BCUT2D eigenvalue weighted by Crippen LogP contribution is -2.27. The molecule has 0 saturated heterocycles. The van der Waals surface area contributed by atoms with E-state index in [9.17, 15) is 9.59 Å². The van der Waals surface area contributed by atoms with Gasteiger partial charge in [0.05, 0.1) is 13.2 Å². The summed E-state index contributed by atoms with van der Waals surface area (Å²) in [5.41, 5.74) is 0. The van der Waals surface area contributed by atoms with Crippen molar-refractivity contribution in [2.24, 2.45) is 10.9 Å². The third-order valence-electron chi connectivity index (χ3n) is 1.32. The zero-order chi connectivity index (χ0) is 10.4. The molecule has 0 aromatic rings. The summed E-state index contributed by atoms with van der Waals surface area (Å²) in [5.74, 6) is -2.44. The summed E-state index contributed by atoms with van der Waals surface area (Å²) in [5, 5.41) is 17.5. The molecule has 0 radical (unpaired) electrons. The van der Waals surface area contributed by atoms with Crippen molar-refractivity contribution in [2.45, 2.75) is 13.0 Å². The Balaban J connectivity index is 4.34. The summed E-state index contributed by atoms with van der Waals surface area (Å²) in [4.78, 5) is 24.1. The number of amides is 1. The molecular weight excluding hydrogens is 178 g/mol. The molecule has 0 saturated carbocycles. The Hall–Kier alpha value is -1.43. The average Bonchev–Trinajstić information content (AvgIpc) is 2.03. The molecule has 0 aromatic carbocycles. The molecule has 13 heavy (non-hydrogen) atoms. The highest BCUT2D eigenvalue weighted by Crippen LogP contribution is 2.00. The van der Waals surface area contributed by atoms with Gasteiger partial charge in [0.25, 0.3) is 0 Å². The number of rotatable bonds is 3. The minimum absolute atomic E-state index is 0.846.